The van der Waals surface area contributed by atoms with Gasteiger partial charge in [0.1, 0.15) is 0 Å². The molecule has 0 N–H and O–H groups in total. The van der Waals surface area contributed by atoms with Crippen molar-refractivity contribution in [2.75, 3.05) is 6.61 Å². The first-order valence-corrected chi connectivity index (χ1v) is 5.35. The Hall–Kier alpha value is -0.340. The van der Waals surface area contributed by atoms with Gasteiger partial charge in [-0.1, -0.05) is 12.2 Å². The smallest absolute Gasteiger partial charge is 0.158 e. The standard InChI is InChI=1S/C11H16O2/c1-2-10(12-7-1)13-11-5-3-9(8-11)4-6-11/h3,5,9-10H,1-2,4,6-8H2. The first-order chi connectivity index (χ1) is 6.36. The molecule has 0 aromatic heterocycles. The predicted molar refractivity (Wildman–Crippen MR) is 49.3 cm³/mol. The number of hydrogen-bond acceptors (Lipinski definition) is 2. The SMILES string of the molecule is C1=CC2(OC3CCCO3)CCC1C2. The van der Waals surface area contributed by atoms with Crippen molar-refractivity contribution in [2.24, 2.45) is 5.92 Å². The Morgan fingerprint density at radius 1 is 1.38 bits per heavy atom. The largest absolute Gasteiger partial charge is 0.353 e. The average Bonchev–Trinajstić information content (AvgIpc) is 2.79. The lowest BCUT2D eigenvalue weighted by Gasteiger charge is -2.27. The Balaban J connectivity index is 1.68. The van der Waals surface area contributed by atoms with Crippen molar-refractivity contribution in [1.82, 2.24) is 0 Å². The maximum Gasteiger partial charge on any atom is 0.158 e. The van der Waals surface area contributed by atoms with Gasteiger partial charge in [-0.25, -0.2) is 0 Å². The summed E-state index contributed by atoms with van der Waals surface area (Å²) in [6.45, 7) is 0.883. The van der Waals surface area contributed by atoms with Crippen LogP contribution in [0.2, 0.25) is 0 Å². The first kappa shape index (κ1) is 8.01. The summed E-state index contributed by atoms with van der Waals surface area (Å²) in [6, 6.07) is 0. The van der Waals surface area contributed by atoms with Gasteiger partial charge in [0.15, 0.2) is 6.29 Å². The summed E-state index contributed by atoms with van der Waals surface area (Å²) in [6.07, 6.45) is 10.6. The van der Waals surface area contributed by atoms with Crippen LogP contribution in [0.5, 0.6) is 0 Å². The van der Waals surface area contributed by atoms with E-state index < -0.39 is 0 Å². The normalized spacial score (nSPS) is 47.7. The van der Waals surface area contributed by atoms with Crippen LogP contribution in [-0.2, 0) is 9.47 Å². The number of allylic oxidation sites excluding steroid dienone is 1. The highest BCUT2D eigenvalue weighted by atomic mass is 16.7. The third-order valence-electron chi connectivity index (χ3n) is 3.47. The molecule has 3 aliphatic rings. The molecular formula is C11H16O2. The van der Waals surface area contributed by atoms with Crippen LogP contribution in [0.3, 0.4) is 0 Å². The molecule has 0 radical (unpaired) electrons. The fourth-order valence-corrected chi connectivity index (χ4v) is 2.75. The second-order valence-electron chi connectivity index (χ2n) is 4.49. The molecule has 1 saturated heterocycles. The van der Waals surface area contributed by atoms with Crippen molar-refractivity contribution in [3.63, 3.8) is 0 Å². The van der Waals surface area contributed by atoms with E-state index in [9.17, 15) is 0 Å². The molecule has 13 heavy (non-hydrogen) atoms. The van der Waals surface area contributed by atoms with Gasteiger partial charge in [-0.05, 0) is 31.6 Å². The lowest BCUT2D eigenvalue weighted by atomic mass is 10.0. The fraction of sp³-hybridized carbons (Fsp3) is 0.818. The summed E-state index contributed by atoms with van der Waals surface area (Å²) in [5, 5.41) is 0. The topological polar surface area (TPSA) is 18.5 Å². The maximum absolute atomic E-state index is 6.04. The molecule has 2 aliphatic carbocycles. The highest BCUT2D eigenvalue weighted by Gasteiger charge is 2.43. The summed E-state index contributed by atoms with van der Waals surface area (Å²) >= 11 is 0. The number of fused-ring (bicyclic) bond motifs is 2. The molecule has 1 heterocycles. The first-order valence-electron chi connectivity index (χ1n) is 5.35. The quantitative estimate of drug-likeness (QED) is 0.607. The van der Waals surface area contributed by atoms with Gasteiger partial charge in [-0.3, -0.25) is 0 Å². The van der Waals surface area contributed by atoms with Gasteiger partial charge < -0.3 is 9.47 Å². The molecule has 3 rings (SSSR count). The van der Waals surface area contributed by atoms with Crippen molar-refractivity contribution >= 4 is 0 Å². The van der Waals surface area contributed by atoms with Crippen molar-refractivity contribution in [3.05, 3.63) is 12.2 Å². The molecule has 72 valence electrons. The summed E-state index contributed by atoms with van der Waals surface area (Å²) in [5.41, 5.74) is 0.0691. The zero-order valence-corrected chi connectivity index (χ0v) is 7.87. The van der Waals surface area contributed by atoms with E-state index in [1.165, 1.54) is 19.3 Å². The van der Waals surface area contributed by atoms with E-state index in [1.54, 1.807) is 0 Å². The van der Waals surface area contributed by atoms with E-state index in [4.69, 9.17) is 9.47 Å². The van der Waals surface area contributed by atoms with Crippen LogP contribution < -0.4 is 0 Å². The molecule has 2 heteroatoms. The highest BCUT2D eigenvalue weighted by Crippen LogP contribution is 2.46. The van der Waals surface area contributed by atoms with Crippen LogP contribution in [0, 0.1) is 5.92 Å². The Kier molecular flexibility index (Phi) is 1.74. The minimum atomic E-state index is 0.0691. The van der Waals surface area contributed by atoms with Gasteiger partial charge in [0.2, 0.25) is 0 Å². The minimum Gasteiger partial charge on any atom is -0.353 e. The Morgan fingerprint density at radius 2 is 2.38 bits per heavy atom. The van der Waals surface area contributed by atoms with Crippen molar-refractivity contribution in [3.8, 4) is 0 Å². The molecule has 2 nitrogen and oxygen atoms in total. The van der Waals surface area contributed by atoms with E-state index in [1.807, 2.05) is 0 Å². The molecule has 2 bridgehead atoms. The van der Waals surface area contributed by atoms with Gasteiger partial charge in [0, 0.05) is 13.0 Å². The molecule has 0 amide bonds. The van der Waals surface area contributed by atoms with Gasteiger partial charge in [0.25, 0.3) is 0 Å². The zero-order chi connectivity index (χ0) is 8.73. The molecule has 3 unspecified atom stereocenters. The summed E-state index contributed by atoms with van der Waals surface area (Å²) in [5.74, 6) is 0.793. The van der Waals surface area contributed by atoms with E-state index in [0.717, 1.165) is 25.4 Å². The summed E-state index contributed by atoms with van der Waals surface area (Å²) in [7, 11) is 0. The molecule has 0 spiro atoms. The van der Waals surface area contributed by atoms with Crippen molar-refractivity contribution in [1.29, 1.82) is 0 Å². The molecule has 3 atom stereocenters. The van der Waals surface area contributed by atoms with Gasteiger partial charge in [-0.15, -0.1) is 0 Å². The fourth-order valence-electron chi connectivity index (χ4n) is 2.75. The molecule has 1 aliphatic heterocycles. The van der Waals surface area contributed by atoms with E-state index in [-0.39, 0.29) is 11.9 Å². The van der Waals surface area contributed by atoms with Crippen LogP contribution in [0.25, 0.3) is 0 Å². The number of rotatable bonds is 2. The Morgan fingerprint density at radius 3 is 2.92 bits per heavy atom. The van der Waals surface area contributed by atoms with E-state index in [0.29, 0.717) is 0 Å². The summed E-state index contributed by atoms with van der Waals surface area (Å²) < 4.78 is 11.5. The minimum absolute atomic E-state index is 0.0691. The second kappa shape index (κ2) is 2.82. The van der Waals surface area contributed by atoms with Crippen LogP contribution in [-0.4, -0.2) is 18.5 Å². The highest BCUT2D eigenvalue weighted by molar-refractivity contribution is 5.18. The monoisotopic (exact) mass is 180 g/mol. The molecule has 0 aromatic rings. The molecule has 0 aromatic carbocycles. The van der Waals surface area contributed by atoms with Crippen molar-refractivity contribution < 1.29 is 9.47 Å². The molecule has 1 saturated carbocycles. The lowest BCUT2D eigenvalue weighted by molar-refractivity contribution is -0.169. The van der Waals surface area contributed by atoms with Gasteiger partial charge in [-0.2, -0.15) is 0 Å². The van der Waals surface area contributed by atoms with E-state index >= 15 is 0 Å². The van der Waals surface area contributed by atoms with Crippen LogP contribution in [0.4, 0.5) is 0 Å². The van der Waals surface area contributed by atoms with Crippen molar-refractivity contribution in [2.45, 2.75) is 44.0 Å². The summed E-state index contributed by atoms with van der Waals surface area (Å²) in [4.78, 5) is 0. The third kappa shape index (κ3) is 1.32. The van der Waals surface area contributed by atoms with Crippen LogP contribution >= 0.6 is 0 Å². The molecular weight excluding hydrogens is 164 g/mol. The van der Waals surface area contributed by atoms with Crippen LogP contribution in [0.15, 0.2) is 12.2 Å². The van der Waals surface area contributed by atoms with E-state index in [2.05, 4.69) is 12.2 Å². The van der Waals surface area contributed by atoms with Crippen LogP contribution in [0.1, 0.15) is 32.1 Å². The molecule has 2 fully saturated rings. The van der Waals surface area contributed by atoms with Gasteiger partial charge in [0.05, 0.1) is 5.60 Å². The lowest BCUT2D eigenvalue weighted by Crippen LogP contribution is -2.30. The number of hydrogen-bond donors (Lipinski definition) is 0. The van der Waals surface area contributed by atoms with Gasteiger partial charge >= 0.3 is 0 Å². The Labute approximate surface area is 78.9 Å². The maximum atomic E-state index is 6.04. The second-order valence-corrected chi connectivity index (χ2v) is 4.49. The number of ether oxygens (including phenoxy) is 2. The average molecular weight is 180 g/mol. The third-order valence-corrected chi connectivity index (χ3v) is 3.47. The Bertz CT molecular complexity index is 230. The zero-order valence-electron chi connectivity index (χ0n) is 7.87. The predicted octanol–water partition coefficient (Wildman–Crippen LogP) is 2.25.